The van der Waals surface area contributed by atoms with Crippen molar-refractivity contribution in [3.05, 3.63) is 21.3 Å². The van der Waals surface area contributed by atoms with Crippen molar-refractivity contribution in [1.29, 1.82) is 0 Å². The van der Waals surface area contributed by atoms with Crippen molar-refractivity contribution in [2.24, 2.45) is 5.92 Å². The molecule has 1 saturated heterocycles. The zero-order valence-corrected chi connectivity index (χ0v) is 12.3. The molecule has 1 aliphatic heterocycles. The van der Waals surface area contributed by atoms with Gasteiger partial charge in [-0.2, -0.15) is 0 Å². The van der Waals surface area contributed by atoms with Gasteiger partial charge < -0.3 is 10.0 Å². The van der Waals surface area contributed by atoms with Crippen LogP contribution in [0.4, 0.5) is 0 Å². The third kappa shape index (κ3) is 2.54. The monoisotopic (exact) mass is 299 g/mol. The number of likely N-dealkylation sites (tertiary alicyclic amines) is 1. The predicted octanol–water partition coefficient (Wildman–Crippen LogP) is 3.17. The third-order valence-electron chi connectivity index (χ3n) is 4.50. The topological polar surface area (TPSA) is 40.5 Å². The summed E-state index contributed by atoms with van der Waals surface area (Å²) in [7, 11) is 0. The smallest absolute Gasteiger partial charge is 0.263 e. The Balaban J connectivity index is 1.72. The average Bonchev–Trinajstić information content (AvgIpc) is 2.83. The molecule has 1 N–H and O–H groups in total. The van der Waals surface area contributed by atoms with Crippen LogP contribution in [0.1, 0.15) is 41.8 Å². The maximum atomic E-state index is 12.4. The van der Waals surface area contributed by atoms with Crippen LogP contribution in [0.15, 0.2) is 12.1 Å². The fourth-order valence-electron chi connectivity index (χ4n) is 3.34. The standard InChI is InChI=1S/C14H18ClNO2S/c15-12-5-4-11(19-12)13(17)16-8-7-14(18)6-2-1-3-10(14)9-16/h4-5,10,18H,1-3,6-9H2. The summed E-state index contributed by atoms with van der Waals surface area (Å²) in [4.78, 5) is 15.0. The van der Waals surface area contributed by atoms with Gasteiger partial charge in [0.2, 0.25) is 0 Å². The van der Waals surface area contributed by atoms with Gasteiger partial charge in [0.15, 0.2) is 0 Å². The lowest BCUT2D eigenvalue weighted by Crippen LogP contribution is -2.54. The SMILES string of the molecule is O=C(c1ccc(Cl)s1)N1CCC2(O)CCCCC2C1. The molecule has 2 heterocycles. The molecule has 2 atom stereocenters. The Morgan fingerprint density at radius 1 is 1.42 bits per heavy atom. The van der Waals surface area contributed by atoms with Gasteiger partial charge in [-0.25, -0.2) is 0 Å². The molecule has 2 fully saturated rings. The molecular weight excluding hydrogens is 282 g/mol. The van der Waals surface area contributed by atoms with E-state index in [0.717, 1.165) is 19.3 Å². The highest BCUT2D eigenvalue weighted by molar-refractivity contribution is 7.17. The minimum atomic E-state index is -0.526. The van der Waals surface area contributed by atoms with Gasteiger partial charge >= 0.3 is 0 Å². The maximum absolute atomic E-state index is 12.4. The number of fused-ring (bicyclic) bond motifs is 1. The Kier molecular flexibility index (Phi) is 3.58. The first-order valence-corrected chi connectivity index (χ1v) is 8.05. The van der Waals surface area contributed by atoms with Gasteiger partial charge in [0, 0.05) is 19.0 Å². The molecule has 1 aliphatic carbocycles. The molecule has 0 bridgehead atoms. The summed E-state index contributed by atoms with van der Waals surface area (Å²) in [6, 6.07) is 3.55. The van der Waals surface area contributed by atoms with Gasteiger partial charge in [-0.15, -0.1) is 11.3 Å². The molecule has 2 aliphatic rings. The normalized spacial score (nSPS) is 31.1. The molecule has 3 rings (SSSR count). The van der Waals surface area contributed by atoms with Crippen molar-refractivity contribution in [3.63, 3.8) is 0 Å². The summed E-state index contributed by atoms with van der Waals surface area (Å²) < 4.78 is 0.648. The van der Waals surface area contributed by atoms with E-state index in [-0.39, 0.29) is 11.8 Å². The molecule has 104 valence electrons. The first-order chi connectivity index (χ1) is 9.08. The summed E-state index contributed by atoms with van der Waals surface area (Å²) in [6.07, 6.45) is 4.92. The number of amides is 1. The van der Waals surface area contributed by atoms with Crippen LogP contribution in [0.3, 0.4) is 0 Å². The van der Waals surface area contributed by atoms with Crippen molar-refractivity contribution in [1.82, 2.24) is 4.90 Å². The lowest BCUT2D eigenvalue weighted by atomic mass is 9.71. The number of thiophene rings is 1. The lowest BCUT2D eigenvalue weighted by Gasteiger charge is -2.47. The highest BCUT2D eigenvalue weighted by atomic mass is 35.5. The number of hydrogen-bond donors (Lipinski definition) is 1. The minimum absolute atomic E-state index is 0.0597. The number of carbonyl (C=O) groups is 1. The van der Waals surface area contributed by atoms with E-state index < -0.39 is 5.60 Å². The van der Waals surface area contributed by atoms with Crippen molar-refractivity contribution in [3.8, 4) is 0 Å². The van der Waals surface area contributed by atoms with Crippen molar-refractivity contribution >= 4 is 28.8 Å². The minimum Gasteiger partial charge on any atom is -0.389 e. The molecule has 0 radical (unpaired) electrons. The maximum Gasteiger partial charge on any atom is 0.263 e. The number of aliphatic hydroxyl groups is 1. The zero-order chi connectivity index (χ0) is 13.5. The summed E-state index contributed by atoms with van der Waals surface area (Å²) in [5.74, 6) is 0.305. The summed E-state index contributed by atoms with van der Waals surface area (Å²) >= 11 is 7.21. The summed E-state index contributed by atoms with van der Waals surface area (Å²) in [5, 5.41) is 10.6. The highest BCUT2D eigenvalue weighted by Gasteiger charge is 2.43. The number of halogens is 1. The number of carbonyl (C=O) groups excluding carboxylic acids is 1. The largest absolute Gasteiger partial charge is 0.389 e. The molecule has 0 spiro atoms. The van der Waals surface area contributed by atoms with Crippen LogP contribution in [0.2, 0.25) is 4.34 Å². The van der Waals surface area contributed by atoms with Crippen molar-refractivity contribution < 1.29 is 9.90 Å². The molecule has 1 aromatic heterocycles. The number of hydrogen-bond acceptors (Lipinski definition) is 3. The van der Waals surface area contributed by atoms with E-state index >= 15 is 0 Å². The molecule has 0 aromatic carbocycles. The number of nitrogens with zero attached hydrogens (tertiary/aromatic N) is 1. The molecule has 5 heteroatoms. The molecule has 3 nitrogen and oxygen atoms in total. The summed E-state index contributed by atoms with van der Waals surface area (Å²) in [5.41, 5.74) is -0.526. The first-order valence-electron chi connectivity index (χ1n) is 6.85. The number of piperidine rings is 1. The fourth-order valence-corrected chi connectivity index (χ4v) is 4.35. The van der Waals surface area contributed by atoms with Gasteiger partial charge in [0.1, 0.15) is 0 Å². The molecule has 1 saturated carbocycles. The van der Waals surface area contributed by atoms with Crippen LogP contribution < -0.4 is 0 Å². The lowest BCUT2D eigenvalue weighted by molar-refractivity contribution is -0.0885. The van der Waals surface area contributed by atoms with Crippen molar-refractivity contribution in [2.75, 3.05) is 13.1 Å². The van der Waals surface area contributed by atoms with Crippen LogP contribution in [-0.2, 0) is 0 Å². The quantitative estimate of drug-likeness (QED) is 0.865. The zero-order valence-electron chi connectivity index (χ0n) is 10.8. The second-order valence-corrected chi connectivity index (χ2v) is 7.37. The molecule has 19 heavy (non-hydrogen) atoms. The number of rotatable bonds is 1. The molecule has 2 unspecified atom stereocenters. The average molecular weight is 300 g/mol. The second-order valence-electron chi connectivity index (χ2n) is 5.65. The Morgan fingerprint density at radius 3 is 3.00 bits per heavy atom. The van der Waals surface area contributed by atoms with Crippen LogP contribution >= 0.6 is 22.9 Å². The van der Waals surface area contributed by atoms with E-state index in [1.165, 1.54) is 17.8 Å². The van der Waals surface area contributed by atoms with Gasteiger partial charge in [0.05, 0.1) is 14.8 Å². The fraction of sp³-hybridized carbons (Fsp3) is 0.643. The Hall–Kier alpha value is -0.580. The van der Waals surface area contributed by atoms with E-state index in [1.807, 2.05) is 4.90 Å². The van der Waals surface area contributed by atoms with E-state index in [2.05, 4.69) is 0 Å². The van der Waals surface area contributed by atoms with E-state index in [0.29, 0.717) is 28.7 Å². The van der Waals surface area contributed by atoms with E-state index in [4.69, 9.17) is 11.6 Å². The van der Waals surface area contributed by atoms with E-state index in [1.54, 1.807) is 12.1 Å². The van der Waals surface area contributed by atoms with Gasteiger partial charge in [-0.05, 0) is 31.4 Å². The molecule has 1 amide bonds. The van der Waals surface area contributed by atoms with Gasteiger partial charge in [-0.1, -0.05) is 24.4 Å². The van der Waals surface area contributed by atoms with Crippen molar-refractivity contribution in [2.45, 2.75) is 37.7 Å². The van der Waals surface area contributed by atoms with E-state index in [9.17, 15) is 9.90 Å². The van der Waals surface area contributed by atoms with Crippen LogP contribution in [-0.4, -0.2) is 34.6 Å². The first kappa shape index (κ1) is 13.4. The third-order valence-corrected chi connectivity index (χ3v) is 5.72. The Morgan fingerprint density at radius 2 is 2.26 bits per heavy atom. The second kappa shape index (κ2) is 5.08. The Labute approximate surface area is 122 Å². The van der Waals surface area contributed by atoms with Crippen LogP contribution in [0.25, 0.3) is 0 Å². The van der Waals surface area contributed by atoms with Gasteiger partial charge in [0.25, 0.3) is 5.91 Å². The van der Waals surface area contributed by atoms with Crippen LogP contribution in [0.5, 0.6) is 0 Å². The highest BCUT2D eigenvalue weighted by Crippen LogP contribution is 2.40. The molecule has 1 aromatic rings. The predicted molar refractivity (Wildman–Crippen MR) is 76.8 cm³/mol. The van der Waals surface area contributed by atoms with Crippen LogP contribution in [0, 0.1) is 5.92 Å². The Bertz CT molecular complexity index is 490. The molecular formula is C14H18ClNO2S. The van der Waals surface area contributed by atoms with Gasteiger partial charge in [-0.3, -0.25) is 4.79 Å². The summed E-state index contributed by atoms with van der Waals surface area (Å²) in [6.45, 7) is 1.34.